The van der Waals surface area contributed by atoms with Crippen LogP contribution in [-0.4, -0.2) is 0 Å². The minimum atomic E-state index is 1.22. The van der Waals surface area contributed by atoms with Crippen molar-refractivity contribution < 1.29 is 0 Å². The van der Waals surface area contributed by atoms with Crippen LogP contribution in [0, 0.1) is 0 Å². The molecule has 0 fully saturated rings. The molecule has 0 spiro atoms. The van der Waals surface area contributed by atoms with Crippen LogP contribution in [0.25, 0.3) is 98.4 Å². The first-order chi connectivity index (χ1) is 24.8. The Morgan fingerprint density at radius 1 is 0.180 bits per heavy atom. The molecule has 0 radical (unpaired) electrons. The van der Waals surface area contributed by atoms with E-state index in [1.807, 2.05) is 0 Å². The van der Waals surface area contributed by atoms with E-state index in [1.54, 1.807) is 0 Å². The molecule has 0 atom stereocenters. The quantitative estimate of drug-likeness (QED) is 0.169. The Hall–Kier alpha value is -6.50. The van der Waals surface area contributed by atoms with Gasteiger partial charge in [0.25, 0.3) is 0 Å². The number of benzene rings is 10. The van der Waals surface area contributed by atoms with Crippen LogP contribution in [0.1, 0.15) is 0 Å². The van der Waals surface area contributed by atoms with Gasteiger partial charge < -0.3 is 0 Å². The summed E-state index contributed by atoms with van der Waals surface area (Å²) in [7, 11) is 0. The highest BCUT2D eigenvalue weighted by Crippen LogP contribution is 2.38. The molecule has 0 heteroatoms. The van der Waals surface area contributed by atoms with Gasteiger partial charge in [0.05, 0.1) is 0 Å². The molecular formula is C50H32. The third-order valence-corrected chi connectivity index (χ3v) is 10.4. The highest BCUT2D eigenvalue weighted by molar-refractivity contribution is 6.15. The Kier molecular flexibility index (Phi) is 6.60. The molecule has 0 aliphatic rings. The number of rotatable bonds is 4. The maximum Gasteiger partial charge on any atom is -0.00990 e. The van der Waals surface area contributed by atoms with Crippen molar-refractivity contribution in [1.82, 2.24) is 0 Å². The monoisotopic (exact) mass is 632 g/mol. The number of fused-ring (bicyclic) bond motifs is 7. The Labute approximate surface area is 291 Å². The SMILES string of the molecule is c1ccc2c(c1)cc(-c1ccc(-c3ccc4cc(-c5ccc(-c6cc7ccccc7c7ccccc67)cc5)ccc4c3)cc1)c1ccccc12. The third kappa shape index (κ3) is 4.77. The largest absolute Gasteiger partial charge is 0.0616 e. The van der Waals surface area contributed by atoms with Crippen LogP contribution >= 0.6 is 0 Å². The molecule has 0 bridgehead atoms. The summed E-state index contributed by atoms with van der Waals surface area (Å²) in [4.78, 5) is 0. The van der Waals surface area contributed by atoms with Crippen molar-refractivity contribution in [3.05, 3.63) is 194 Å². The zero-order chi connectivity index (χ0) is 33.0. The van der Waals surface area contributed by atoms with Crippen molar-refractivity contribution in [3.8, 4) is 44.5 Å². The van der Waals surface area contributed by atoms with Crippen molar-refractivity contribution in [2.75, 3.05) is 0 Å². The third-order valence-electron chi connectivity index (χ3n) is 10.4. The first kappa shape index (κ1) is 28.5. The fourth-order valence-electron chi connectivity index (χ4n) is 7.88. The Bertz CT molecular complexity index is 2690. The van der Waals surface area contributed by atoms with E-state index in [9.17, 15) is 0 Å². The molecule has 0 aromatic heterocycles. The molecule has 0 saturated carbocycles. The highest BCUT2D eigenvalue weighted by atomic mass is 14.1. The number of hydrogen-bond acceptors (Lipinski definition) is 0. The normalized spacial score (nSPS) is 11.6. The second kappa shape index (κ2) is 11.6. The first-order valence-corrected chi connectivity index (χ1v) is 17.3. The van der Waals surface area contributed by atoms with E-state index in [0.717, 1.165) is 0 Å². The van der Waals surface area contributed by atoms with Gasteiger partial charge in [-0.1, -0.05) is 170 Å². The molecule has 0 aliphatic carbocycles. The molecule has 10 rings (SSSR count). The molecule has 0 heterocycles. The van der Waals surface area contributed by atoms with Crippen LogP contribution in [0.4, 0.5) is 0 Å². The van der Waals surface area contributed by atoms with Gasteiger partial charge in [-0.15, -0.1) is 0 Å². The lowest BCUT2D eigenvalue weighted by atomic mass is 9.91. The maximum absolute atomic E-state index is 2.33. The summed E-state index contributed by atoms with van der Waals surface area (Å²) in [5.74, 6) is 0. The van der Waals surface area contributed by atoms with Gasteiger partial charge in [0.1, 0.15) is 0 Å². The molecule has 0 unspecified atom stereocenters. The lowest BCUT2D eigenvalue weighted by molar-refractivity contribution is 1.61. The molecule has 0 amide bonds. The van der Waals surface area contributed by atoms with Gasteiger partial charge in [-0.2, -0.15) is 0 Å². The topological polar surface area (TPSA) is 0 Å². The van der Waals surface area contributed by atoms with E-state index in [2.05, 4.69) is 194 Å². The Morgan fingerprint density at radius 3 is 0.920 bits per heavy atom. The van der Waals surface area contributed by atoms with Crippen molar-refractivity contribution in [3.63, 3.8) is 0 Å². The summed E-state index contributed by atoms with van der Waals surface area (Å²) in [6.45, 7) is 0. The summed E-state index contributed by atoms with van der Waals surface area (Å²) in [6, 6.07) is 71.3. The van der Waals surface area contributed by atoms with Crippen LogP contribution < -0.4 is 0 Å². The average Bonchev–Trinajstić information content (AvgIpc) is 3.20. The molecule has 0 aliphatic heterocycles. The van der Waals surface area contributed by atoms with Gasteiger partial charge in [-0.05, 0) is 123 Å². The van der Waals surface area contributed by atoms with Gasteiger partial charge in [0, 0.05) is 0 Å². The minimum Gasteiger partial charge on any atom is -0.0616 e. The zero-order valence-electron chi connectivity index (χ0n) is 27.5. The smallest absolute Gasteiger partial charge is 0.00990 e. The second-order valence-electron chi connectivity index (χ2n) is 13.3. The molecule has 10 aromatic carbocycles. The van der Waals surface area contributed by atoms with Gasteiger partial charge >= 0.3 is 0 Å². The second-order valence-corrected chi connectivity index (χ2v) is 13.3. The van der Waals surface area contributed by atoms with E-state index < -0.39 is 0 Å². The highest BCUT2D eigenvalue weighted by Gasteiger charge is 2.11. The Morgan fingerprint density at radius 2 is 0.500 bits per heavy atom. The summed E-state index contributed by atoms with van der Waals surface area (Å²) in [6.07, 6.45) is 0. The van der Waals surface area contributed by atoms with Crippen LogP contribution in [0.5, 0.6) is 0 Å². The lowest BCUT2D eigenvalue weighted by Crippen LogP contribution is -1.86. The molecule has 10 aromatic rings. The van der Waals surface area contributed by atoms with E-state index in [0.29, 0.717) is 0 Å². The lowest BCUT2D eigenvalue weighted by Gasteiger charge is -2.12. The average molecular weight is 633 g/mol. The van der Waals surface area contributed by atoms with Gasteiger partial charge in [0.15, 0.2) is 0 Å². The summed E-state index contributed by atoms with van der Waals surface area (Å²) >= 11 is 0. The fourth-order valence-corrected chi connectivity index (χ4v) is 7.88. The molecule has 0 saturated heterocycles. The van der Waals surface area contributed by atoms with Crippen molar-refractivity contribution in [1.29, 1.82) is 0 Å². The first-order valence-electron chi connectivity index (χ1n) is 17.3. The van der Waals surface area contributed by atoms with E-state index >= 15 is 0 Å². The van der Waals surface area contributed by atoms with Crippen molar-refractivity contribution in [2.24, 2.45) is 0 Å². The van der Waals surface area contributed by atoms with Gasteiger partial charge in [0.2, 0.25) is 0 Å². The van der Waals surface area contributed by atoms with Crippen LogP contribution in [0.2, 0.25) is 0 Å². The van der Waals surface area contributed by atoms with Gasteiger partial charge in [-0.25, -0.2) is 0 Å². The van der Waals surface area contributed by atoms with Gasteiger partial charge in [-0.3, -0.25) is 0 Å². The summed E-state index contributed by atoms with van der Waals surface area (Å²) in [5.41, 5.74) is 9.93. The zero-order valence-corrected chi connectivity index (χ0v) is 27.5. The summed E-state index contributed by atoms with van der Waals surface area (Å²) in [5, 5.41) is 12.8. The molecular weight excluding hydrogens is 601 g/mol. The molecule has 0 nitrogen and oxygen atoms in total. The van der Waals surface area contributed by atoms with Crippen LogP contribution in [-0.2, 0) is 0 Å². The van der Waals surface area contributed by atoms with E-state index in [4.69, 9.17) is 0 Å². The van der Waals surface area contributed by atoms with Crippen molar-refractivity contribution in [2.45, 2.75) is 0 Å². The van der Waals surface area contributed by atoms with Crippen LogP contribution in [0.15, 0.2) is 194 Å². The van der Waals surface area contributed by atoms with E-state index in [1.165, 1.54) is 98.4 Å². The predicted molar refractivity (Wildman–Crippen MR) is 216 cm³/mol. The maximum atomic E-state index is 2.33. The predicted octanol–water partition coefficient (Wildman–Crippen LogP) is 14.1. The molecule has 0 N–H and O–H groups in total. The standard InChI is InChI=1S/C50H32/c1-3-11-43-41(9-1)31-49(47-15-7-5-13-45(43)47)35-21-17-33(18-22-35)37-25-27-40-30-38(26-28-39(40)29-37)34-19-23-36(24-20-34)50-32-42-10-2-4-12-44(42)46-14-6-8-16-48(46)50/h1-32H. The fraction of sp³-hybridized carbons (Fsp3) is 0. The number of hydrogen-bond donors (Lipinski definition) is 0. The Balaban J connectivity index is 0.951. The van der Waals surface area contributed by atoms with E-state index in [-0.39, 0.29) is 0 Å². The molecule has 50 heavy (non-hydrogen) atoms. The minimum absolute atomic E-state index is 1.22. The molecule has 232 valence electrons. The van der Waals surface area contributed by atoms with Crippen LogP contribution in [0.3, 0.4) is 0 Å². The summed E-state index contributed by atoms with van der Waals surface area (Å²) < 4.78 is 0. The van der Waals surface area contributed by atoms with Crippen molar-refractivity contribution >= 4 is 53.9 Å².